The Morgan fingerprint density at radius 2 is 1.94 bits per heavy atom. The third kappa shape index (κ3) is 1.77. The number of aryl methyl sites for hydroxylation is 1. The van der Waals surface area contributed by atoms with Gasteiger partial charge in [-0.25, -0.2) is 0 Å². The van der Waals surface area contributed by atoms with Crippen LogP contribution in [0.5, 0.6) is 0 Å². The van der Waals surface area contributed by atoms with Gasteiger partial charge in [-0.15, -0.1) is 10.2 Å². The van der Waals surface area contributed by atoms with E-state index < -0.39 is 0 Å². The molecule has 3 aromatic rings. The number of fused-ring (bicyclic) bond motifs is 1. The Hall–Kier alpha value is -1.87. The predicted octanol–water partition coefficient (Wildman–Crippen LogP) is 4.11. The smallest absolute Gasteiger partial charge is 0.158 e. The summed E-state index contributed by atoms with van der Waals surface area (Å²) in [7, 11) is 0. The van der Waals surface area contributed by atoms with Crippen LogP contribution in [0, 0.1) is 0 Å². The second-order valence-electron chi connectivity index (χ2n) is 4.00. The first-order chi connectivity index (χ1) is 8.79. The molecular weight excluding hydrogens is 248 g/mol. The number of para-hydroxylation sites is 1. The number of hydrogen-bond donors (Lipinski definition) is 0. The fraction of sp³-hybridized carbons (Fsp3) is 0.143. The van der Waals surface area contributed by atoms with Crippen molar-refractivity contribution in [2.75, 3.05) is 0 Å². The topological polar surface area (TPSA) is 38.9 Å². The van der Waals surface area contributed by atoms with Crippen molar-refractivity contribution in [1.82, 2.24) is 10.2 Å². The van der Waals surface area contributed by atoms with Crippen LogP contribution in [0.1, 0.15) is 12.5 Å². The molecule has 1 aromatic carbocycles. The Kier molecular flexibility index (Phi) is 2.76. The van der Waals surface area contributed by atoms with Gasteiger partial charge in [0.15, 0.2) is 10.9 Å². The van der Waals surface area contributed by atoms with E-state index in [4.69, 9.17) is 16.0 Å². The van der Waals surface area contributed by atoms with Crippen molar-refractivity contribution >= 4 is 22.6 Å². The van der Waals surface area contributed by atoms with E-state index in [0.29, 0.717) is 10.8 Å². The Balaban J connectivity index is 2.25. The number of hydrogen-bond acceptors (Lipinski definition) is 3. The van der Waals surface area contributed by atoms with Crippen molar-refractivity contribution in [3.05, 3.63) is 47.1 Å². The van der Waals surface area contributed by atoms with Crippen LogP contribution in [0.15, 0.2) is 40.8 Å². The van der Waals surface area contributed by atoms with Crippen molar-refractivity contribution in [3.63, 3.8) is 0 Å². The Morgan fingerprint density at radius 3 is 2.67 bits per heavy atom. The van der Waals surface area contributed by atoms with Gasteiger partial charge in [-0.05, 0) is 24.6 Å². The maximum absolute atomic E-state index is 5.87. The lowest BCUT2D eigenvalue weighted by Crippen LogP contribution is -1.89. The number of aromatic nitrogens is 2. The van der Waals surface area contributed by atoms with E-state index in [9.17, 15) is 0 Å². The van der Waals surface area contributed by atoms with Crippen LogP contribution in [-0.2, 0) is 6.42 Å². The van der Waals surface area contributed by atoms with E-state index in [-0.39, 0.29) is 0 Å². The number of rotatable bonds is 2. The normalized spacial score (nSPS) is 11.0. The maximum Gasteiger partial charge on any atom is 0.158 e. The van der Waals surface area contributed by atoms with E-state index >= 15 is 0 Å². The molecule has 0 spiro atoms. The number of nitrogens with zero attached hydrogens (tertiary/aromatic N) is 2. The van der Waals surface area contributed by atoms with Gasteiger partial charge in [0.05, 0.1) is 0 Å². The molecule has 18 heavy (non-hydrogen) atoms. The molecule has 0 bridgehead atoms. The summed E-state index contributed by atoms with van der Waals surface area (Å²) in [6, 6.07) is 11.5. The summed E-state index contributed by atoms with van der Waals surface area (Å²) in [5.74, 6) is 0.780. The summed E-state index contributed by atoms with van der Waals surface area (Å²) in [6.45, 7) is 2.10. The number of furan rings is 1. The van der Waals surface area contributed by atoms with Crippen LogP contribution in [0.4, 0.5) is 0 Å². The van der Waals surface area contributed by atoms with Crippen LogP contribution >= 0.6 is 11.6 Å². The zero-order valence-electron chi connectivity index (χ0n) is 9.85. The molecule has 0 aliphatic carbocycles. The summed E-state index contributed by atoms with van der Waals surface area (Å²) in [5, 5.41) is 9.45. The highest BCUT2D eigenvalue weighted by molar-refractivity contribution is 6.29. The van der Waals surface area contributed by atoms with Crippen LogP contribution in [0.2, 0.25) is 5.15 Å². The van der Waals surface area contributed by atoms with Gasteiger partial charge in [0.25, 0.3) is 0 Å². The number of benzene rings is 1. The van der Waals surface area contributed by atoms with Crippen LogP contribution in [0.25, 0.3) is 22.4 Å². The molecular formula is C14H11ClN2O. The van der Waals surface area contributed by atoms with Crippen LogP contribution in [0.3, 0.4) is 0 Å². The first-order valence-electron chi connectivity index (χ1n) is 5.79. The zero-order chi connectivity index (χ0) is 12.5. The number of halogens is 1. The molecule has 0 saturated heterocycles. The van der Waals surface area contributed by atoms with E-state index in [0.717, 1.165) is 28.7 Å². The van der Waals surface area contributed by atoms with Gasteiger partial charge >= 0.3 is 0 Å². The molecule has 0 aliphatic heterocycles. The molecule has 0 N–H and O–H groups in total. The van der Waals surface area contributed by atoms with Crippen LogP contribution in [-0.4, -0.2) is 10.2 Å². The van der Waals surface area contributed by atoms with Gasteiger partial charge in [-0.2, -0.15) is 0 Å². The largest absolute Gasteiger partial charge is 0.454 e. The molecule has 90 valence electrons. The molecule has 3 nitrogen and oxygen atoms in total. The zero-order valence-corrected chi connectivity index (χ0v) is 10.6. The van der Waals surface area contributed by atoms with Crippen molar-refractivity contribution in [2.45, 2.75) is 13.3 Å². The highest BCUT2D eigenvalue weighted by atomic mass is 35.5. The minimum Gasteiger partial charge on any atom is -0.454 e. The summed E-state index contributed by atoms with van der Waals surface area (Å²) >= 11 is 5.75. The minimum absolute atomic E-state index is 0.382. The molecule has 0 unspecified atom stereocenters. The minimum atomic E-state index is 0.382. The molecule has 0 saturated carbocycles. The molecule has 2 heterocycles. The Labute approximate surface area is 109 Å². The quantitative estimate of drug-likeness (QED) is 0.694. The van der Waals surface area contributed by atoms with E-state index in [1.165, 1.54) is 0 Å². The third-order valence-corrected chi connectivity index (χ3v) is 3.12. The van der Waals surface area contributed by atoms with Gasteiger partial charge < -0.3 is 4.42 Å². The maximum atomic E-state index is 5.87. The highest BCUT2D eigenvalue weighted by Gasteiger charge is 2.15. The van der Waals surface area contributed by atoms with Gasteiger partial charge in [-0.1, -0.05) is 36.7 Å². The summed E-state index contributed by atoms with van der Waals surface area (Å²) in [5.41, 5.74) is 2.75. The molecule has 0 radical (unpaired) electrons. The first-order valence-corrected chi connectivity index (χ1v) is 6.17. The molecule has 0 atom stereocenters. The highest BCUT2D eigenvalue weighted by Crippen LogP contribution is 2.32. The second-order valence-corrected chi connectivity index (χ2v) is 4.39. The first kappa shape index (κ1) is 11.2. The standard InChI is InChI=1S/C14H11ClN2O/c1-2-9-10-5-3-4-6-12(10)18-14(9)11-7-8-13(15)17-16-11/h3-8H,2H2,1H3. The van der Waals surface area contributed by atoms with Gasteiger partial charge in [0.1, 0.15) is 11.3 Å². The van der Waals surface area contributed by atoms with Crippen LogP contribution < -0.4 is 0 Å². The summed E-state index contributed by atoms with van der Waals surface area (Å²) < 4.78 is 5.87. The lowest BCUT2D eigenvalue weighted by atomic mass is 10.1. The molecule has 0 fully saturated rings. The molecule has 0 amide bonds. The third-order valence-electron chi connectivity index (χ3n) is 2.92. The summed E-state index contributed by atoms with van der Waals surface area (Å²) in [4.78, 5) is 0. The van der Waals surface area contributed by atoms with E-state index in [2.05, 4.69) is 23.2 Å². The average molecular weight is 259 g/mol. The van der Waals surface area contributed by atoms with Gasteiger partial charge in [-0.3, -0.25) is 0 Å². The molecule has 2 aromatic heterocycles. The van der Waals surface area contributed by atoms with Crippen molar-refractivity contribution in [2.24, 2.45) is 0 Å². The molecule has 4 heteroatoms. The van der Waals surface area contributed by atoms with Crippen molar-refractivity contribution < 1.29 is 4.42 Å². The van der Waals surface area contributed by atoms with Gasteiger partial charge in [0.2, 0.25) is 0 Å². The fourth-order valence-corrected chi connectivity index (χ4v) is 2.19. The SMILES string of the molecule is CCc1c(-c2ccc(Cl)nn2)oc2ccccc12. The van der Waals surface area contributed by atoms with Crippen molar-refractivity contribution in [1.29, 1.82) is 0 Å². The lowest BCUT2D eigenvalue weighted by Gasteiger charge is -1.98. The predicted molar refractivity (Wildman–Crippen MR) is 71.6 cm³/mol. The van der Waals surface area contributed by atoms with E-state index in [1.807, 2.05) is 24.3 Å². The summed E-state index contributed by atoms with van der Waals surface area (Å²) in [6.07, 6.45) is 0.886. The molecule has 0 aliphatic rings. The van der Waals surface area contributed by atoms with E-state index in [1.54, 1.807) is 6.07 Å². The second kappa shape index (κ2) is 4.42. The Morgan fingerprint density at radius 1 is 1.11 bits per heavy atom. The van der Waals surface area contributed by atoms with Gasteiger partial charge in [0, 0.05) is 10.9 Å². The Bertz CT molecular complexity index is 689. The monoisotopic (exact) mass is 258 g/mol. The molecule has 3 rings (SSSR count). The average Bonchev–Trinajstić information content (AvgIpc) is 2.78. The lowest BCUT2D eigenvalue weighted by molar-refractivity contribution is 0.623. The fourth-order valence-electron chi connectivity index (χ4n) is 2.09. The van der Waals surface area contributed by atoms with Crippen molar-refractivity contribution in [3.8, 4) is 11.5 Å².